The van der Waals surface area contributed by atoms with Gasteiger partial charge in [-0.25, -0.2) is 0 Å². The van der Waals surface area contributed by atoms with Crippen molar-refractivity contribution >= 4 is 23.1 Å². The number of nitrogens with one attached hydrogen (secondary N) is 1. The first-order valence-corrected chi connectivity index (χ1v) is 8.94. The highest BCUT2D eigenvalue weighted by Crippen LogP contribution is 2.24. The number of carbonyl (C=O) groups is 2. The molecule has 1 N–H and O–H groups in total. The van der Waals surface area contributed by atoms with Crippen LogP contribution in [0.15, 0.2) is 48.5 Å². The van der Waals surface area contributed by atoms with Crippen LogP contribution in [-0.4, -0.2) is 49.3 Å². The molecule has 0 saturated carbocycles. The Morgan fingerprint density at radius 1 is 1.07 bits per heavy atom. The Morgan fingerprint density at radius 2 is 1.78 bits per heavy atom. The molecule has 2 aromatic carbocycles. The first-order valence-electron chi connectivity index (χ1n) is 8.94. The Balaban J connectivity index is 1.60. The Kier molecular flexibility index (Phi) is 5.84. The molecule has 6 heteroatoms. The summed E-state index contributed by atoms with van der Waals surface area (Å²) in [6, 6.07) is 16.7. The van der Waals surface area contributed by atoms with Crippen LogP contribution in [0, 0.1) is 11.3 Å². The lowest BCUT2D eigenvalue weighted by Gasteiger charge is -2.36. The summed E-state index contributed by atoms with van der Waals surface area (Å²) in [6.45, 7) is 4.71. The molecule has 138 valence electrons. The van der Waals surface area contributed by atoms with Crippen molar-refractivity contribution in [3.63, 3.8) is 0 Å². The van der Waals surface area contributed by atoms with Gasteiger partial charge in [0.05, 0.1) is 18.2 Å². The zero-order chi connectivity index (χ0) is 19.2. The summed E-state index contributed by atoms with van der Waals surface area (Å²) < 4.78 is 0. The molecule has 1 aliphatic rings. The van der Waals surface area contributed by atoms with E-state index in [0.717, 1.165) is 24.5 Å². The van der Waals surface area contributed by atoms with E-state index in [-0.39, 0.29) is 11.7 Å². The quantitative estimate of drug-likeness (QED) is 0.827. The summed E-state index contributed by atoms with van der Waals surface area (Å²) in [5.74, 6) is -0.0512. The van der Waals surface area contributed by atoms with E-state index < -0.39 is 0 Å². The van der Waals surface area contributed by atoms with Crippen LogP contribution in [-0.2, 0) is 4.79 Å². The summed E-state index contributed by atoms with van der Waals surface area (Å²) in [5, 5.41) is 12.0. The zero-order valence-corrected chi connectivity index (χ0v) is 15.3. The summed E-state index contributed by atoms with van der Waals surface area (Å²) in [5.41, 5.74) is 2.76. The van der Waals surface area contributed by atoms with Crippen LogP contribution < -0.4 is 10.2 Å². The van der Waals surface area contributed by atoms with Gasteiger partial charge in [0, 0.05) is 43.1 Å². The number of amides is 1. The van der Waals surface area contributed by atoms with Crippen molar-refractivity contribution in [1.29, 1.82) is 5.26 Å². The second-order valence-corrected chi connectivity index (χ2v) is 6.58. The third-order valence-corrected chi connectivity index (χ3v) is 4.64. The topological polar surface area (TPSA) is 76.4 Å². The maximum Gasteiger partial charge on any atom is 0.238 e. The van der Waals surface area contributed by atoms with E-state index in [1.165, 1.54) is 6.92 Å². The number of hydrogen-bond acceptors (Lipinski definition) is 5. The Labute approximate surface area is 159 Å². The maximum absolute atomic E-state index is 12.2. The van der Waals surface area contributed by atoms with Crippen LogP contribution in [0.4, 0.5) is 11.4 Å². The third kappa shape index (κ3) is 4.72. The highest BCUT2D eigenvalue weighted by Gasteiger charge is 2.22. The Bertz CT molecular complexity index is 865. The number of anilines is 2. The monoisotopic (exact) mass is 362 g/mol. The normalized spacial score (nSPS) is 14.4. The number of para-hydroxylation sites is 1. The van der Waals surface area contributed by atoms with E-state index in [0.29, 0.717) is 30.8 Å². The maximum atomic E-state index is 12.2. The minimum absolute atomic E-state index is 0.0147. The lowest BCUT2D eigenvalue weighted by molar-refractivity contribution is -0.117. The van der Waals surface area contributed by atoms with Gasteiger partial charge in [-0.05, 0) is 37.3 Å². The molecule has 1 heterocycles. The number of ketones is 1. The van der Waals surface area contributed by atoms with Gasteiger partial charge in [0.2, 0.25) is 5.91 Å². The largest absolute Gasteiger partial charge is 0.368 e. The molecule has 1 fully saturated rings. The van der Waals surface area contributed by atoms with E-state index in [2.05, 4.69) is 21.2 Å². The molecule has 1 amide bonds. The predicted molar refractivity (Wildman–Crippen MR) is 105 cm³/mol. The van der Waals surface area contributed by atoms with Crippen LogP contribution in [0.1, 0.15) is 22.8 Å². The summed E-state index contributed by atoms with van der Waals surface area (Å²) in [6.07, 6.45) is 0. The number of nitrogens with zero attached hydrogens (tertiary/aromatic N) is 3. The number of carbonyl (C=O) groups excluding carboxylic acids is 2. The molecule has 2 aromatic rings. The number of rotatable bonds is 5. The van der Waals surface area contributed by atoms with Gasteiger partial charge in [-0.3, -0.25) is 14.5 Å². The molecule has 27 heavy (non-hydrogen) atoms. The molecular formula is C21H22N4O2. The second kappa shape index (κ2) is 8.47. The first kappa shape index (κ1) is 18.6. The van der Waals surface area contributed by atoms with E-state index >= 15 is 0 Å². The molecule has 0 aliphatic carbocycles. The molecule has 1 aliphatic heterocycles. The van der Waals surface area contributed by atoms with Gasteiger partial charge in [0.1, 0.15) is 0 Å². The van der Waals surface area contributed by atoms with E-state index in [9.17, 15) is 9.59 Å². The Morgan fingerprint density at radius 3 is 2.41 bits per heavy atom. The number of hydrogen-bond donors (Lipinski definition) is 1. The van der Waals surface area contributed by atoms with Crippen LogP contribution in [0.25, 0.3) is 0 Å². The van der Waals surface area contributed by atoms with Crippen LogP contribution in [0.2, 0.25) is 0 Å². The van der Waals surface area contributed by atoms with Gasteiger partial charge >= 0.3 is 0 Å². The van der Waals surface area contributed by atoms with Crippen LogP contribution in [0.3, 0.4) is 0 Å². The molecule has 6 nitrogen and oxygen atoms in total. The lowest BCUT2D eigenvalue weighted by Crippen LogP contribution is -2.49. The summed E-state index contributed by atoms with van der Waals surface area (Å²) >= 11 is 0. The SMILES string of the molecule is CC(=O)c1ccc(C#N)cc1N1CCN(CC(=O)Nc2ccccc2)CC1. The van der Waals surface area contributed by atoms with E-state index in [1.807, 2.05) is 30.3 Å². The fourth-order valence-corrected chi connectivity index (χ4v) is 3.23. The summed E-state index contributed by atoms with van der Waals surface area (Å²) in [7, 11) is 0. The third-order valence-electron chi connectivity index (χ3n) is 4.64. The molecule has 0 spiro atoms. The van der Waals surface area contributed by atoms with Gasteiger partial charge in [-0.15, -0.1) is 0 Å². The van der Waals surface area contributed by atoms with Crippen molar-refractivity contribution in [3.05, 3.63) is 59.7 Å². The Hall–Kier alpha value is -3.17. The van der Waals surface area contributed by atoms with Crippen molar-refractivity contribution in [3.8, 4) is 6.07 Å². The van der Waals surface area contributed by atoms with E-state index in [1.54, 1.807) is 18.2 Å². The average Bonchev–Trinajstić information content (AvgIpc) is 2.68. The molecule has 0 aromatic heterocycles. The fraction of sp³-hybridized carbons (Fsp3) is 0.286. The van der Waals surface area contributed by atoms with E-state index in [4.69, 9.17) is 5.26 Å². The number of benzene rings is 2. The van der Waals surface area contributed by atoms with Crippen molar-refractivity contribution < 1.29 is 9.59 Å². The highest BCUT2D eigenvalue weighted by atomic mass is 16.2. The lowest BCUT2D eigenvalue weighted by atomic mass is 10.0. The molecule has 0 bridgehead atoms. The molecule has 0 unspecified atom stereocenters. The van der Waals surface area contributed by atoms with Crippen molar-refractivity contribution in [1.82, 2.24) is 4.90 Å². The predicted octanol–water partition coefficient (Wildman–Crippen LogP) is 2.52. The van der Waals surface area contributed by atoms with Gasteiger partial charge in [0.15, 0.2) is 5.78 Å². The van der Waals surface area contributed by atoms with Gasteiger partial charge in [0.25, 0.3) is 0 Å². The number of Topliss-reactive ketones (excluding diaryl/α,β-unsaturated/α-hetero) is 1. The number of piperazine rings is 1. The standard InChI is InChI=1S/C21H22N4O2/c1-16(26)19-8-7-17(14-22)13-20(19)25-11-9-24(10-12-25)15-21(27)23-18-5-3-2-4-6-18/h2-8,13H,9-12,15H2,1H3,(H,23,27). The minimum Gasteiger partial charge on any atom is -0.368 e. The van der Waals surface area contributed by atoms with Gasteiger partial charge < -0.3 is 10.2 Å². The van der Waals surface area contributed by atoms with Crippen molar-refractivity contribution in [2.45, 2.75) is 6.92 Å². The number of nitriles is 1. The van der Waals surface area contributed by atoms with Crippen LogP contribution >= 0.6 is 0 Å². The summed E-state index contributed by atoms with van der Waals surface area (Å²) in [4.78, 5) is 28.3. The molecule has 3 rings (SSSR count). The smallest absolute Gasteiger partial charge is 0.238 e. The van der Waals surface area contributed by atoms with Gasteiger partial charge in [-0.2, -0.15) is 5.26 Å². The second-order valence-electron chi connectivity index (χ2n) is 6.58. The average molecular weight is 362 g/mol. The van der Waals surface area contributed by atoms with Crippen LogP contribution in [0.5, 0.6) is 0 Å². The molecular weight excluding hydrogens is 340 g/mol. The molecule has 0 atom stereocenters. The minimum atomic E-state index is -0.0365. The zero-order valence-electron chi connectivity index (χ0n) is 15.3. The molecule has 1 saturated heterocycles. The first-order chi connectivity index (χ1) is 13.1. The highest BCUT2D eigenvalue weighted by molar-refractivity contribution is 6.00. The van der Waals surface area contributed by atoms with Crippen molar-refractivity contribution in [2.75, 3.05) is 42.9 Å². The molecule has 0 radical (unpaired) electrons. The van der Waals surface area contributed by atoms with Crippen molar-refractivity contribution in [2.24, 2.45) is 0 Å². The fourth-order valence-electron chi connectivity index (χ4n) is 3.23. The van der Waals surface area contributed by atoms with Gasteiger partial charge in [-0.1, -0.05) is 18.2 Å².